The monoisotopic (exact) mass is 232 g/mol. The summed E-state index contributed by atoms with van der Waals surface area (Å²) in [5.41, 5.74) is 11.0. The van der Waals surface area contributed by atoms with E-state index in [4.69, 9.17) is 5.73 Å². The molecule has 2 nitrogen and oxygen atoms in total. The van der Waals surface area contributed by atoms with Gasteiger partial charge < -0.3 is 5.73 Å². The van der Waals surface area contributed by atoms with Crippen molar-refractivity contribution in [3.05, 3.63) is 40.2 Å². The topological polar surface area (TPSA) is 38.9 Å². The molecule has 0 aliphatic rings. The van der Waals surface area contributed by atoms with Crippen LogP contribution >= 0.6 is 11.3 Å². The molecule has 0 radical (unpaired) electrons. The van der Waals surface area contributed by atoms with Crippen LogP contribution in [0.15, 0.2) is 29.8 Å². The van der Waals surface area contributed by atoms with Crippen LogP contribution in [0.4, 0.5) is 0 Å². The highest BCUT2D eigenvalue weighted by atomic mass is 32.1. The Hall–Kier alpha value is -1.19. The first kappa shape index (κ1) is 11.3. The van der Waals surface area contributed by atoms with Crippen molar-refractivity contribution >= 4 is 11.3 Å². The van der Waals surface area contributed by atoms with Gasteiger partial charge in [-0.15, -0.1) is 11.3 Å². The SMILES string of the molecule is CC(C)c1scnc1-c1cccc(CN)c1. The second kappa shape index (κ2) is 4.76. The molecule has 0 aliphatic carbocycles. The minimum absolute atomic E-state index is 0.518. The van der Waals surface area contributed by atoms with Gasteiger partial charge in [-0.25, -0.2) is 4.98 Å². The molecule has 0 amide bonds. The Morgan fingerprint density at radius 3 is 2.88 bits per heavy atom. The summed E-state index contributed by atoms with van der Waals surface area (Å²) in [5.74, 6) is 0.518. The van der Waals surface area contributed by atoms with Gasteiger partial charge in [0.05, 0.1) is 11.2 Å². The third-order valence-corrected chi connectivity index (χ3v) is 3.68. The Balaban J connectivity index is 2.46. The van der Waals surface area contributed by atoms with Crippen molar-refractivity contribution in [3.63, 3.8) is 0 Å². The first-order valence-corrected chi connectivity index (χ1v) is 6.33. The van der Waals surface area contributed by atoms with Gasteiger partial charge in [0.2, 0.25) is 0 Å². The molecular formula is C13H16N2S. The Morgan fingerprint density at radius 2 is 2.19 bits per heavy atom. The lowest BCUT2D eigenvalue weighted by atomic mass is 10.0. The first-order chi connectivity index (χ1) is 7.72. The third-order valence-electron chi connectivity index (χ3n) is 2.56. The lowest BCUT2D eigenvalue weighted by Crippen LogP contribution is -1.96. The third kappa shape index (κ3) is 2.15. The zero-order chi connectivity index (χ0) is 11.5. The molecule has 3 heteroatoms. The molecule has 0 saturated heterocycles. The van der Waals surface area contributed by atoms with Gasteiger partial charge in [0.25, 0.3) is 0 Å². The van der Waals surface area contributed by atoms with Crippen LogP contribution in [0.1, 0.15) is 30.2 Å². The lowest BCUT2D eigenvalue weighted by molar-refractivity contribution is 0.888. The lowest BCUT2D eigenvalue weighted by Gasteiger charge is -2.06. The van der Waals surface area contributed by atoms with E-state index in [2.05, 4.69) is 31.0 Å². The second-order valence-electron chi connectivity index (χ2n) is 4.12. The molecule has 2 N–H and O–H groups in total. The van der Waals surface area contributed by atoms with Gasteiger partial charge in [-0.2, -0.15) is 0 Å². The molecular weight excluding hydrogens is 216 g/mol. The van der Waals surface area contributed by atoms with Crippen molar-refractivity contribution in [1.82, 2.24) is 4.98 Å². The van der Waals surface area contributed by atoms with E-state index in [9.17, 15) is 0 Å². The molecule has 0 saturated carbocycles. The van der Waals surface area contributed by atoms with Crippen molar-refractivity contribution in [2.45, 2.75) is 26.3 Å². The number of benzene rings is 1. The molecule has 0 bridgehead atoms. The fraction of sp³-hybridized carbons (Fsp3) is 0.308. The molecule has 84 valence electrons. The molecule has 1 heterocycles. The molecule has 1 aromatic heterocycles. The Kier molecular flexibility index (Phi) is 3.36. The van der Waals surface area contributed by atoms with Gasteiger partial charge >= 0.3 is 0 Å². The number of thiazole rings is 1. The van der Waals surface area contributed by atoms with Gasteiger partial charge in [-0.05, 0) is 17.5 Å². The van der Waals surface area contributed by atoms with Crippen LogP contribution in [0.2, 0.25) is 0 Å². The molecule has 0 spiro atoms. The van der Waals surface area contributed by atoms with Crippen molar-refractivity contribution < 1.29 is 0 Å². The van der Waals surface area contributed by atoms with Gasteiger partial charge in [-0.1, -0.05) is 32.0 Å². The number of aromatic nitrogens is 1. The van der Waals surface area contributed by atoms with Gasteiger partial charge in [0.15, 0.2) is 0 Å². The van der Waals surface area contributed by atoms with Gasteiger partial charge in [0.1, 0.15) is 0 Å². The molecule has 0 aliphatic heterocycles. The van der Waals surface area contributed by atoms with Crippen LogP contribution in [-0.4, -0.2) is 4.98 Å². The molecule has 2 aromatic rings. The summed E-state index contributed by atoms with van der Waals surface area (Å²) < 4.78 is 0. The van der Waals surface area contributed by atoms with Crippen molar-refractivity contribution in [3.8, 4) is 11.3 Å². The molecule has 16 heavy (non-hydrogen) atoms. The Morgan fingerprint density at radius 1 is 1.38 bits per heavy atom. The Bertz CT molecular complexity index is 474. The molecule has 2 rings (SSSR count). The van der Waals surface area contributed by atoms with E-state index in [0.29, 0.717) is 12.5 Å². The summed E-state index contributed by atoms with van der Waals surface area (Å²) in [6, 6.07) is 8.31. The van der Waals surface area contributed by atoms with Crippen molar-refractivity contribution in [2.75, 3.05) is 0 Å². The summed E-state index contributed by atoms with van der Waals surface area (Å²) in [7, 11) is 0. The van der Waals surface area contributed by atoms with Gasteiger partial charge in [0, 0.05) is 17.0 Å². The number of rotatable bonds is 3. The normalized spacial score (nSPS) is 11.0. The predicted octanol–water partition coefficient (Wildman–Crippen LogP) is 3.39. The minimum atomic E-state index is 0.518. The molecule has 0 unspecified atom stereocenters. The average Bonchev–Trinajstić information content (AvgIpc) is 2.78. The van der Waals surface area contributed by atoms with E-state index in [1.165, 1.54) is 10.4 Å². The van der Waals surface area contributed by atoms with Crippen molar-refractivity contribution in [2.24, 2.45) is 5.73 Å². The Labute approximate surface area is 100 Å². The maximum atomic E-state index is 5.65. The van der Waals surface area contributed by atoms with Gasteiger partial charge in [-0.3, -0.25) is 0 Å². The van der Waals surface area contributed by atoms with Crippen LogP contribution in [0, 0.1) is 0 Å². The summed E-state index contributed by atoms with van der Waals surface area (Å²) in [6.45, 7) is 4.97. The van der Waals surface area contributed by atoms with Crippen LogP contribution in [-0.2, 0) is 6.54 Å². The quantitative estimate of drug-likeness (QED) is 0.881. The molecule has 0 atom stereocenters. The predicted molar refractivity (Wildman–Crippen MR) is 69.5 cm³/mol. The smallest absolute Gasteiger partial charge is 0.0845 e. The summed E-state index contributed by atoms with van der Waals surface area (Å²) in [6.07, 6.45) is 0. The van der Waals surface area contributed by atoms with E-state index in [1.807, 2.05) is 17.6 Å². The largest absolute Gasteiger partial charge is 0.326 e. The number of nitrogens with two attached hydrogens (primary N) is 1. The highest BCUT2D eigenvalue weighted by Crippen LogP contribution is 2.31. The van der Waals surface area contributed by atoms with Crippen LogP contribution < -0.4 is 5.73 Å². The number of nitrogens with zero attached hydrogens (tertiary/aromatic N) is 1. The molecule has 1 aromatic carbocycles. The van der Waals surface area contributed by atoms with E-state index in [1.54, 1.807) is 11.3 Å². The summed E-state index contributed by atoms with van der Waals surface area (Å²) in [5, 5.41) is 0. The fourth-order valence-electron chi connectivity index (χ4n) is 1.73. The zero-order valence-electron chi connectivity index (χ0n) is 9.60. The highest BCUT2D eigenvalue weighted by molar-refractivity contribution is 7.10. The van der Waals surface area contributed by atoms with E-state index in [0.717, 1.165) is 11.3 Å². The van der Waals surface area contributed by atoms with E-state index >= 15 is 0 Å². The zero-order valence-corrected chi connectivity index (χ0v) is 10.4. The first-order valence-electron chi connectivity index (χ1n) is 5.45. The summed E-state index contributed by atoms with van der Waals surface area (Å²) >= 11 is 1.72. The molecule has 0 fully saturated rings. The van der Waals surface area contributed by atoms with E-state index < -0.39 is 0 Å². The highest BCUT2D eigenvalue weighted by Gasteiger charge is 2.11. The maximum Gasteiger partial charge on any atom is 0.0845 e. The minimum Gasteiger partial charge on any atom is -0.326 e. The van der Waals surface area contributed by atoms with Crippen molar-refractivity contribution in [1.29, 1.82) is 0 Å². The number of hydrogen-bond donors (Lipinski definition) is 1. The number of hydrogen-bond acceptors (Lipinski definition) is 3. The van der Waals surface area contributed by atoms with Crippen LogP contribution in [0.3, 0.4) is 0 Å². The van der Waals surface area contributed by atoms with Crippen LogP contribution in [0.5, 0.6) is 0 Å². The van der Waals surface area contributed by atoms with E-state index in [-0.39, 0.29) is 0 Å². The fourth-order valence-corrected chi connectivity index (χ4v) is 2.55. The standard InChI is InChI=1S/C13H16N2S/c1-9(2)13-12(15-8-16-13)11-5-3-4-10(6-11)7-14/h3-6,8-9H,7,14H2,1-2H3. The van der Waals surface area contributed by atoms with Crippen LogP contribution in [0.25, 0.3) is 11.3 Å². The second-order valence-corrected chi connectivity index (χ2v) is 5.01. The average molecular weight is 232 g/mol. The maximum absolute atomic E-state index is 5.65. The summed E-state index contributed by atoms with van der Waals surface area (Å²) in [4.78, 5) is 5.80.